The molecule has 114 valence electrons. The first-order valence-corrected chi connectivity index (χ1v) is 6.27. The third-order valence-corrected chi connectivity index (χ3v) is 2.61. The minimum Gasteiger partial charge on any atom is -0.327 e. The van der Waals surface area contributed by atoms with Gasteiger partial charge in [0.1, 0.15) is 6.54 Å². The van der Waals surface area contributed by atoms with Gasteiger partial charge in [0, 0.05) is 18.4 Å². The molecular formula is C14H16F3N3O. The van der Waals surface area contributed by atoms with Crippen molar-refractivity contribution in [2.45, 2.75) is 26.1 Å². The van der Waals surface area contributed by atoms with Crippen molar-refractivity contribution in [1.29, 1.82) is 0 Å². The second kappa shape index (κ2) is 7.09. The highest BCUT2D eigenvalue weighted by Gasteiger charge is 2.35. The summed E-state index contributed by atoms with van der Waals surface area (Å²) in [6.07, 6.45) is -1.79. The Balaban J connectivity index is 3.16. The molecule has 0 unspecified atom stereocenters. The lowest BCUT2D eigenvalue weighted by Gasteiger charge is -2.28. The summed E-state index contributed by atoms with van der Waals surface area (Å²) < 4.78 is 37.8. The Hall–Kier alpha value is -2.07. The lowest BCUT2D eigenvalue weighted by atomic mass is 10.1. The van der Waals surface area contributed by atoms with Gasteiger partial charge in [-0.15, -0.1) is 0 Å². The van der Waals surface area contributed by atoms with Crippen molar-refractivity contribution in [3.63, 3.8) is 0 Å². The SMILES string of the molecule is CC(C)N(CC(F)(F)F)C(=O)c1ccncc1C#CCN. The second-order valence-corrected chi connectivity index (χ2v) is 4.57. The summed E-state index contributed by atoms with van der Waals surface area (Å²) >= 11 is 0. The van der Waals surface area contributed by atoms with Crippen molar-refractivity contribution >= 4 is 5.91 Å². The number of carbonyl (C=O) groups is 1. The molecule has 4 nitrogen and oxygen atoms in total. The Morgan fingerprint density at radius 3 is 2.67 bits per heavy atom. The maximum Gasteiger partial charge on any atom is 0.406 e. The Kier molecular flexibility index (Phi) is 5.73. The van der Waals surface area contributed by atoms with Crippen molar-refractivity contribution in [3.05, 3.63) is 29.6 Å². The molecule has 0 saturated heterocycles. The summed E-state index contributed by atoms with van der Waals surface area (Å²) in [5.74, 6) is 4.47. The van der Waals surface area contributed by atoms with Gasteiger partial charge in [-0.3, -0.25) is 9.78 Å². The van der Waals surface area contributed by atoms with Gasteiger partial charge >= 0.3 is 6.18 Å². The van der Waals surface area contributed by atoms with Crippen molar-refractivity contribution in [3.8, 4) is 11.8 Å². The van der Waals surface area contributed by atoms with Crippen LogP contribution in [0.2, 0.25) is 0 Å². The van der Waals surface area contributed by atoms with Crippen molar-refractivity contribution in [1.82, 2.24) is 9.88 Å². The molecular weight excluding hydrogens is 283 g/mol. The molecule has 0 saturated carbocycles. The second-order valence-electron chi connectivity index (χ2n) is 4.57. The van der Waals surface area contributed by atoms with Crippen molar-refractivity contribution in [2.75, 3.05) is 13.1 Å². The first kappa shape index (κ1) is 17.0. The third kappa shape index (κ3) is 5.08. The number of aromatic nitrogens is 1. The summed E-state index contributed by atoms with van der Waals surface area (Å²) in [5.41, 5.74) is 5.61. The number of rotatable bonds is 3. The molecule has 2 N–H and O–H groups in total. The summed E-state index contributed by atoms with van der Waals surface area (Å²) in [6, 6.07) is 0.761. The first-order chi connectivity index (χ1) is 9.76. The fourth-order valence-electron chi connectivity index (χ4n) is 1.66. The number of halogens is 3. The number of nitrogens with zero attached hydrogens (tertiary/aromatic N) is 2. The molecule has 0 aliphatic carbocycles. The van der Waals surface area contributed by atoms with Crippen molar-refractivity contribution < 1.29 is 18.0 Å². The molecule has 1 rings (SSSR count). The van der Waals surface area contributed by atoms with E-state index in [1.54, 1.807) is 0 Å². The van der Waals surface area contributed by atoms with E-state index < -0.39 is 24.7 Å². The van der Waals surface area contributed by atoms with Gasteiger partial charge in [0.25, 0.3) is 5.91 Å². The van der Waals surface area contributed by atoms with E-state index in [1.807, 2.05) is 0 Å². The van der Waals surface area contributed by atoms with Crippen LogP contribution in [0.25, 0.3) is 0 Å². The average Bonchev–Trinajstić information content (AvgIpc) is 2.41. The molecule has 7 heteroatoms. The van der Waals surface area contributed by atoms with Gasteiger partial charge in [-0.1, -0.05) is 11.8 Å². The lowest BCUT2D eigenvalue weighted by molar-refractivity contribution is -0.143. The van der Waals surface area contributed by atoms with Crippen LogP contribution in [0.15, 0.2) is 18.5 Å². The highest BCUT2D eigenvalue weighted by Crippen LogP contribution is 2.20. The van der Waals surface area contributed by atoms with Crippen molar-refractivity contribution in [2.24, 2.45) is 5.73 Å². The Morgan fingerprint density at radius 2 is 2.14 bits per heavy atom. The van der Waals surface area contributed by atoms with Gasteiger partial charge in [-0.2, -0.15) is 13.2 Å². The molecule has 0 fully saturated rings. The van der Waals surface area contributed by atoms with E-state index in [1.165, 1.54) is 32.3 Å². The number of hydrogen-bond acceptors (Lipinski definition) is 3. The normalized spacial score (nSPS) is 11.0. The van der Waals surface area contributed by atoms with E-state index in [4.69, 9.17) is 5.73 Å². The molecule has 1 aromatic heterocycles. The molecule has 0 aliphatic heterocycles. The van der Waals surface area contributed by atoms with Crippen LogP contribution >= 0.6 is 0 Å². The van der Waals surface area contributed by atoms with Crippen LogP contribution in [0.3, 0.4) is 0 Å². The maximum atomic E-state index is 12.6. The largest absolute Gasteiger partial charge is 0.406 e. The molecule has 0 bridgehead atoms. The number of pyridine rings is 1. The van der Waals surface area contributed by atoms with Crippen LogP contribution < -0.4 is 5.73 Å². The summed E-state index contributed by atoms with van der Waals surface area (Å²) in [6.45, 7) is 1.82. The number of alkyl halides is 3. The molecule has 1 heterocycles. The zero-order valence-electron chi connectivity index (χ0n) is 11.7. The highest BCUT2D eigenvalue weighted by molar-refractivity contribution is 5.96. The predicted octanol–water partition coefficient (Wildman–Crippen LogP) is 1.80. The van der Waals surface area contributed by atoms with Crippen LogP contribution in [0, 0.1) is 11.8 Å². The van der Waals surface area contributed by atoms with E-state index in [0.717, 1.165) is 4.90 Å². The van der Waals surface area contributed by atoms with Gasteiger partial charge in [0.05, 0.1) is 17.7 Å². The standard InChI is InChI=1S/C14H16F3N3O/c1-10(2)20(9-14(15,16)17)13(21)12-5-7-19-8-11(12)4-3-6-18/h5,7-8,10H,6,9,18H2,1-2H3. The number of amides is 1. The zero-order valence-corrected chi connectivity index (χ0v) is 11.7. The van der Waals surface area contributed by atoms with Gasteiger partial charge in [-0.25, -0.2) is 0 Å². The van der Waals surface area contributed by atoms with Gasteiger partial charge in [-0.05, 0) is 19.9 Å². The van der Waals surface area contributed by atoms with E-state index in [9.17, 15) is 18.0 Å². The van der Waals surface area contributed by atoms with Crippen LogP contribution in [0.5, 0.6) is 0 Å². The van der Waals surface area contributed by atoms with Crippen LogP contribution in [-0.4, -0.2) is 41.1 Å². The van der Waals surface area contributed by atoms with Crippen LogP contribution in [0.4, 0.5) is 13.2 Å². The molecule has 1 aromatic rings. The molecule has 0 atom stereocenters. The minimum absolute atomic E-state index is 0.0823. The van der Waals surface area contributed by atoms with E-state index in [0.29, 0.717) is 0 Å². The first-order valence-electron chi connectivity index (χ1n) is 6.27. The molecule has 0 aromatic carbocycles. The average molecular weight is 299 g/mol. The highest BCUT2D eigenvalue weighted by atomic mass is 19.4. The predicted molar refractivity (Wildman–Crippen MR) is 72.4 cm³/mol. The fraction of sp³-hybridized carbons (Fsp3) is 0.429. The third-order valence-electron chi connectivity index (χ3n) is 2.61. The summed E-state index contributed by atoms with van der Waals surface area (Å²) in [5, 5.41) is 0. The Labute approximate surface area is 121 Å². The monoisotopic (exact) mass is 299 g/mol. The van der Waals surface area contributed by atoms with Gasteiger partial charge in [0.15, 0.2) is 0 Å². The zero-order chi connectivity index (χ0) is 16.0. The molecule has 0 aliphatic rings. The number of carbonyl (C=O) groups excluding carboxylic acids is 1. The minimum atomic E-state index is -4.46. The lowest BCUT2D eigenvalue weighted by Crippen LogP contribution is -2.43. The smallest absolute Gasteiger partial charge is 0.327 e. The number of nitrogens with two attached hydrogens (primary N) is 1. The number of hydrogen-bond donors (Lipinski definition) is 1. The molecule has 0 spiro atoms. The quantitative estimate of drug-likeness (QED) is 0.866. The summed E-state index contributed by atoms with van der Waals surface area (Å²) in [4.78, 5) is 16.9. The van der Waals surface area contributed by atoms with Crippen LogP contribution in [-0.2, 0) is 0 Å². The van der Waals surface area contributed by atoms with Crippen LogP contribution in [0.1, 0.15) is 29.8 Å². The molecule has 21 heavy (non-hydrogen) atoms. The van der Waals surface area contributed by atoms with Gasteiger partial charge in [0.2, 0.25) is 0 Å². The van der Waals surface area contributed by atoms with E-state index in [2.05, 4.69) is 16.8 Å². The topological polar surface area (TPSA) is 59.2 Å². The summed E-state index contributed by atoms with van der Waals surface area (Å²) in [7, 11) is 0. The fourth-order valence-corrected chi connectivity index (χ4v) is 1.66. The Bertz CT molecular complexity index is 559. The van der Waals surface area contributed by atoms with Gasteiger partial charge < -0.3 is 10.6 Å². The molecule has 1 amide bonds. The maximum absolute atomic E-state index is 12.6. The molecule has 0 radical (unpaired) electrons. The van der Waals surface area contributed by atoms with E-state index in [-0.39, 0.29) is 17.7 Å². The van der Waals surface area contributed by atoms with E-state index >= 15 is 0 Å². The Morgan fingerprint density at radius 1 is 1.48 bits per heavy atom.